The number of carbonyl (C=O) groups excluding carboxylic acids is 1. The van der Waals surface area contributed by atoms with E-state index in [1.165, 1.54) is 18.2 Å². The monoisotopic (exact) mass is 292 g/mol. The number of halogens is 1. The zero-order valence-electron chi connectivity index (χ0n) is 11.5. The van der Waals surface area contributed by atoms with Crippen LogP contribution < -0.4 is 5.73 Å². The minimum absolute atomic E-state index is 0.0362. The van der Waals surface area contributed by atoms with Gasteiger partial charge in [-0.25, -0.2) is 4.39 Å². The molecule has 0 unspecified atom stereocenters. The summed E-state index contributed by atoms with van der Waals surface area (Å²) in [6.07, 6.45) is 0. The lowest BCUT2D eigenvalue weighted by Gasteiger charge is -2.27. The molecule has 3 nitrogen and oxygen atoms in total. The number of amides is 1. The molecule has 1 amide bonds. The molecule has 0 spiro atoms. The number of anilines is 1. The van der Waals surface area contributed by atoms with Gasteiger partial charge in [0.1, 0.15) is 5.82 Å². The molecule has 0 atom stereocenters. The normalized spacial score (nSPS) is 10.8. The van der Waals surface area contributed by atoms with Crippen molar-refractivity contribution < 1.29 is 9.18 Å². The first-order valence-electron chi connectivity index (χ1n) is 6.37. The van der Waals surface area contributed by atoms with Crippen molar-refractivity contribution in [1.82, 2.24) is 4.90 Å². The van der Waals surface area contributed by atoms with Gasteiger partial charge in [-0.05, 0) is 43.5 Å². The van der Waals surface area contributed by atoms with Crippen LogP contribution >= 0.6 is 11.3 Å². The highest BCUT2D eigenvalue weighted by Gasteiger charge is 2.21. The lowest BCUT2D eigenvalue weighted by Crippen LogP contribution is -2.36. The van der Waals surface area contributed by atoms with Crippen molar-refractivity contribution in [1.29, 1.82) is 0 Å². The molecule has 0 aliphatic rings. The fourth-order valence-corrected chi connectivity index (χ4v) is 2.65. The van der Waals surface area contributed by atoms with Crippen LogP contribution in [0.5, 0.6) is 0 Å². The molecule has 1 aromatic carbocycles. The summed E-state index contributed by atoms with van der Waals surface area (Å²) in [6, 6.07) is 7.85. The van der Waals surface area contributed by atoms with Crippen molar-refractivity contribution in [3.63, 3.8) is 0 Å². The molecular formula is C15H17FN2OS. The molecule has 2 aromatic rings. The second-order valence-corrected chi connectivity index (χ2v) is 5.87. The highest BCUT2D eigenvalue weighted by molar-refractivity contribution is 7.09. The molecule has 0 aliphatic heterocycles. The Morgan fingerprint density at radius 2 is 2.15 bits per heavy atom. The Morgan fingerprint density at radius 3 is 2.70 bits per heavy atom. The summed E-state index contributed by atoms with van der Waals surface area (Å²) >= 11 is 1.60. The summed E-state index contributed by atoms with van der Waals surface area (Å²) in [5.41, 5.74) is 6.27. The van der Waals surface area contributed by atoms with Crippen molar-refractivity contribution >= 4 is 22.9 Å². The number of rotatable bonds is 4. The fraction of sp³-hybridized carbons (Fsp3) is 0.267. The molecule has 0 fully saturated rings. The topological polar surface area (TPSA) is 46.3 Å². The van der Waals surface area contributed by atoms with Gasteiger partial charge in [0.05, 0.1) is 12.1 Å². The van der Waals surface area contributed by atoms with E-state index in [0.717, 1.165) is 4.88 Å². The van der Waals surface area contributed by atoms with Crippen molar-refractivity contribution in [3.8, 4) is 0 Å². The standard InChI is InChI=1S/C15H17FN2OS/c1-10(2)18(9-12-4-3-7-20-12)15(19)13-6-5-11(16)8-14(13)17/h3-8,10H,9,17H2,1-2H3. The number of nitrogens with zero attached hydrogens (tertiary/aromatic N) is 1. The average Bonchev–Trinajstić information content (AvgIpc) is 2.87. The SMILES string of the molecule is CC(C)N(Cc1cccs1)C(=O)c1ccc(F)cc1N. The summed E-state index contributed by atoms with van der Waals surface area (Å²) < 4.78 is 13.1. The van der Waals surface area contributed by atoms with Gasteiger partial charge in [0.15, 0.2) is 0 Å². The molecule has 20 heavy (non-hydrogen) atoms. The van der Waals surface area contributed by atoms with Crippen molar-refractivity contribution in [2.24, 2.45) is 0 Å². The van der Waals surface area contributed by atoms with E-state index < -0.39 is 5.82 Å². The van der Waals surface area contributed by atoms with E-state index in [2.05, 4.69) is 0 Å². The largest absolute Gasteiger partial charge is 0.398 e. The Bertz CT molecular complexity index is 596. The Labute approximate surface area is 121 Å². The third-order valence-electron chi connectivity index (χ3n) is 3.03. The van der Waals surface area contributed by atoms with Crippen molar-refractivity contribution in [2.75, 3.05) is 5.73 Å². The van der Waals surface area contributed by atoms with E-state index in [9.17, 15) is 9.18 Å². The predicted octanol–water partition coefficient (Wildman–Crippen LogP) is 3.52. The second-order valence-electron chi connectivity index (χ2n) is 4.84. The molecule has 5 heteroatoms. The summed E-state index contributed by atoms with van der Waals surface area (Å²) in [7, 11) is 0. The van der Waals surface area contributed by atoms with E-state index in [-0.39, 0.29) is 17.6 Å². The number of hydrogen-bond acceptors (Lipinski definition) is 3. The molecule has 0 aliphatic carbocycles. The second kappa shape index (κ2) is 6.05. The maximum Gasteiger partial charge on any atom is 0.256 e. The molecule has 0 bridgehead atoms. The maximum absolute atomic E-state index is 13.1. The summed E-state index contributed by atoms with van der Waals surface area (Å²) in [4.78, 5) is 15.4. The van der Waals surface area contributed by atoms with Gasteiger partial charge < -0.3 is 10.6 Å². The number of nitrogen functional groups attached to an aromatic ring is 1. The van der Waals surface area contributed by atoms with Crippen LogP contribution in [0, 0.1) is 5.82 Å². The first-order valence-corrected chi connectivity index (χ1v) is 7.25. The number of hydrogen-bond donors (Lipinski definition) is 1. The van der Waals surface area contributed by atoms with Gasteiger partial charge in [-0.3, -0.25) is 4.79 Å². The van der Waals surface area contributed by atoms with E-state index in [4.69, 9.17) is 5.73 Å². The Hall–Kier alpha value is -1.88. The lowest BCUT2D eigenvalue weighted by atomic mass is 10.1. The molecule has 1 aromatic heterocycles. The highest BCUT2D eigenvalue weighted by Crippen LogP contribution is 2.20. The molecule has 0 radical (unpaired) electrons. The molecule has 0 saturated heterocycles. The zero-order chi connectivity index (χ0) is 14.7. The minimum Gasteiger partial charge on any atom is -0.398 e. The van der Waals surface area contributed by atoms with Crippen molar-refractivity contribution in [3.05, 3.63) is 52.0 Å². The Balaban J connectivity index is 2.27. The van der Waals surface area contributed by atoms with Crippen LogP contribution in [0.1, 0.15) is 29.1 Å². The zero-order valence-corrected chi connectivity index (χ0v) is 12.3. The number of benzene rings is 1. The smallest absolute Gasteiger partial charge is 0.256 e. The molecule has 106 valence electrons. The van der Waals surface area contributed by atoms with E-state index in [1.807, 2.05) is 31.4 Å². The van der Waals surface area contributed by atoms with Crippen LogP contribution in [0.3, 0.4) is 0 Å². The van der Waals surface area contributed by atoms with Crippen LogP contribution in [0.25, 0.3) is 0 Å². The van der Waals surface area contributed by atoms with Crippen LogP contribution in [-0.2, 0) is 6.54 Å². The fourth-order valence-electron chi connectivity index (χ4n) is 1.94. The molecule has 1 heterocycles. The average molecular weight is 292 g/mol. The van der Waals surface area contributed by atoms with Gasteiger partial charge in [0.25, 0.3) is 5.91 Å². The molecular weight excluding hydrogens is 275 g/mol. The third kappa shape index (κ3) is 3.17. The quantitative estimate of drug-likeness (QED) is 0.876. The van der Waals surface area contributed by atoms with Crippen LogP contribution in [-0.4, -0.2) is 16.8 Å². The van der Waals surface area contributed by atoms with E-state index >= 15 is 0 Å². The minimum atomic E-state index is -0.437. The number of nitrogens with two attached hydrogens (primary N) is 1. The Kier molecular flexibility index (Phi) is 4.39. The number of thiophene rings is 1. The lowest BCUT2D eigenvalue weighted by molar-refractivity contribution is 0.0693. The third-order valence-corrected chi connectivity index (χ3v) is 3.90. The van der Waals surface area contributed by atoms with Crippen molar-refractivity contribution in [2.45, 2.75) is 26.4 Å². The first-order chi connectivity index (χ1) is 9.49. The van der Waals surface area contributed by atoms with Gasteiger partial charge in [-0.1, -0.05) is 6.07 Å². The Morgan fingerprint density at radius 1 is 1.40 bits per heavy atom. The van der Waals surface area contributed by atoms with Gasteiger partial charge in [-0.2, -0.15) is 0 Å². The van der Waals surface area contributed by atoms with Gasteiger partial charge in [-0.15, -0.1) is 11.3 Å². The maximum atomic E-state index is 13.1. The van der Waals surface area contributed by atoms with Gasteiger partial charge in [0, 0.05) is 16.6 Å². The summed E-state index contributed by atoms with van der Waals surface area (Å²) in [5.74, 6) is -0.612. The summed E-state index contributed by atoms with van der Waals surface area (Å²) in [6.45, 7) is 4.43. The molecule has 0 saturated carbocycles. The van der Waals surface area contributed by atoms with Crippen LogP contribution in [0.15, 0.2) is 35.7 Å². The van der Waals surface area contributed by atoms with Gasteiger partial charge in [0.2, 0.25) is 0 Å². The summed E-state index contributed by atoms with van der Waals surface area (Å²) in [5, 5.41) is 1.98. The highest BCUT2D eigenvalue weighted by atomic mass is 32.1. The first kappa shape index (κ1) is 14.5. The molecule has 2 N–H and O–H groups in total. The van der Waals surface area contributed by atoms with Crippen LogP contribution in [0.2, 0.25) is 0 Å². The van der Waals surface area contributed by atoms with E-state index in [0.29, 0.717) is 12.1 Å². The van der Waals surface area contributed by atoms with Gasteiger partial charge >= 0.3 is 0 Å². The molecule has 2 rings (SSSR count). The van der Waals surface area contributed by atoms with E-state index in [1.54, 1.807) is 16.2 Å². The van der Waals surface area contributed by atoms with Crippen LogP contribution in [0.4, 0.5) is 10.1 Å². The number of carbonyl (C=O) groups is 1. The predicted molar refractivity (Wildman–Crippen MR) is 80.1 cm³/mol.